The van der Waals surface area contributed by atoms with E-state index < -0.39 is 0 Å². The van der Waals surface area contributed by atoms with Crippen molar-refractivity contribution in [3.8, 4) is 0 Å². The number of nitrogens with zero attached hydrogens (tertiary/aromatic N) is 4. The summed E-state index contributed by atoms with van der Waals surface area (Å²) in [6, 6.07) is 0. The molecule has 8 nitrogen and oxygen atoms in total. The number of likely N-dealkylation sites (N-methyl/N-ethyl adjacent to an activating group) is 1. The van der Waals surface area contributed by atoms with Crippen LogP contribution in [-0.2, 0) is 22.6 Å². The van der Waals surface area contributed by atoms with Crippen molar-refractivity contribution in [2.75, 3.05) is 32.8 Å². The molecule has 0 aromatic carbocycles. The second-order valence-electron chi connectivity index (χ2n) is 4.80. The van der Waals surface area contributed by atoms with Crippen LogP contribution in [0, 0.1) is 0 Å². The number of hydrogen-bond acceptors (Lipinski definition) is 6. The van der Waals surface area contributed by atoms with Gasteiger partial charge in [-0.1, -0.05) is 12.1 Å². The van der Waals surface area contributed by atoms with Gasteiger partial charge in [-0.05, 0) is 6.54 Å². The minimum absolute atomic E-state index is 0.0583. The van der Waals surface area contributed by atoms with Crippen LogP contribution in [0.5, 0.6) is 0 Å². The van der Waals surface area contributed by atoms with E-state index in [2.05, 4.69) is 27.5 Å². The van der Waals surface area contributed by atoms with Crippen molar-refractivity contribution in [2.24, 2.45) is 5.73 Å². The Hall–Kier alpha value is -1.51. The molecular weight excluding hydrogens is 260 g/mol. The molecule has 1 aliphatic heterocycles. The van der Waals surface area contributed by atoms with Gasteiger partial charge in [0.1, 0.15) is 6.54 Å². The van der Waals surface area contributed by atoms with Crippen molar-refractivity contribution in [1.82, 2.24) is 25.2 Å². The molecule has 1 fully saturated rings. The Kier molecular flexibility index (Phi) is 5.45. The summed E-state index contributed by atoms with van der Waals surface area (Å²) < 4.78 is 7.11. The maximum atomic E-state index is 11.8. The first-order valence-corrected chi connectivity index (χ1v) is 6.91. The SMILES string of the molecule is CCN1CCOC(CNC(=O)Cn2cc(CN)nn2)C1. The summed E-state index contributed by atoms with van der Waals surface area (Å²) in [6.07, 6.45) is 1.73. The van der Waals surface area contributed by atoms with Gasteiger partial charge in [-0.3, -0.25) is 9.69 Å². The zero-order chi connectivity index (χ0) is 14.4. The summed E-state index contributed by atoms with van der Waals surface area (Å²) in [5.41, 5.74) is 6.11. The van der Waals surface area contributed by atoms with Crippen molar-refractivity contribution < 1.29 is 9.53 Å². The van der Waals surface area contributed by atoms with Crippen molar-refractivity contribution >= 4 is 5.91 Å². The average Bonchev–Trinajstić information content (AvgIpc) is 2.93. The van der Waals surface area contributed by atoms with Gasteiger partial charge >= 0.3 is 0 Å². The minimum Gasteiger partial charge on any atom is -0.374 e. The molecular formula is C12H22N6O2. The van der Waals surface area contributed by atoms with E-state index in [9.17, 15) is 4.79 Å². The lowest BCUT2D eigenvalue weighted by atomic mass is 10.2. The van der Waals surface area contributed by atoms with E-state index >= 15 is 0 Å². The minimum atomic E-state index is -0.101. The van der Waals surface area contributed by atoms with Gasteiger partial charge in [-0.2, -0.15) is 0 Å². The van der Waals surface area contributed by atoms with Crippen LogP contribution in [0.1, 0.15) is 12.6 Å². The monoisotopic (exact) mass is 282 g/mol. The quantitative estimate of drug-likeness (QED) is 0.664. The van der Waals surface area contributed by atoms with Gasteiger partial charge in [0.2, 0.25) is 5.91 Å². The van der Waals surface area contributed by atoms with E-state index in [0.29, 0.717) is 18.8 Å². The van der Waals surface area contributed by atoms with Gasteiger partial charge in [0.15, 0.2) is 0 Å². The van der Waals surface area contributed by atoms with Crippen LogP contribution in [0.2, 0.25) is 0 Å². The molecule has 112 valence electrons. The summed E-state index contributed by atoms with van der Waals surface area (Å²) >= 11 is 0. The van der Waals surface area contributed by atoms with Crippen LogP contribution >= 0.6 is 0 Å². The fourth-order valence-corrected chi connectivity index (χ4v) is 2.13. The van der Waals surface area contributed by atoms with Gasteiger partial charge in [0.25, 0.3) is 0 Å². The Morgan fingerprint density at radius 1 is 1.65 bits per heavy atom. The number of carbonyl (C=O) groups excluding carboxylic acids is 1. The predicted molar refractivity (Wildman–Crippen MR) is 72.8 cm³/mol. The van der Waals surface area contributed by atoms with Crippen molar-refractivity contribution in [2.45, 2.75) is 26.1 Å². The number of rotatable bonds is 6. The number of carbonyl (C=O) groups is 1. The molecule has 2 heterocycles. The third-order valence-corrected chi connectivity index (χ3v) is 3.30. The third-order valence-electron chi connectivity index (χ3n) is 3.30. The van der Waals surface area contributed by atoms with E-state index in [0.717, 1.165) is 26.2 Å². The lowest BCUT2D eigenvalue weighted by Gasteiger charge is -2.32. The Balaban J connectivity index is 1.72. The fraction of sp³-hybridized carbons (Fsp3) is 0.750. The van der Waals surface area contributed by atoms with Crippen LogP contribution in [0.4, 0.5) is 0 Å². The molecule has 0 saturated carbocycles. The standard InChI is InChI=1S/C12H22N6O2/c1-2-17-3-4-20-11(8-17)6-14-12(19)9-18-7-10(5-13)15-16-18/h7,11H,2-6,8-9,13H2,1H3,(H,14,19). The molecule has 3 N–H and O–H groups in total. The van der Waals surface area contributed by atoms with Gasteiger partial charge in [0.05, 0.1) is 24.6 Å². The van der Waals surface area contributed by atoms with E-state index in [1.165, 1.54) is 4.68 Å². The molecule has 1 atom stereocenters. The predicted octanol–water partition coefficient (Wildman–Crippen LogP) is -1.43. The first kappa shape index (κ1) is 14.9. The Bertz CT molecular complexity index is 435. The number of hydrogen-bond donors (Lipinski definition) is 2. The smallest absolute Gasteiger partial charge is 0.241 e. The largest absolute Gasteiger partial charge is 0.374 e. The molecule has 1 aromatic heterocycles. The first-order chi connectivity index (χ1) is 9.71. The van der Waals surface area contributed by atoms with Gasteiger partial charge in [0, 0.05) is 26.2 Å². The first-order valence-electron chi connectivity index (χ1n) is 6.91. The summed E-state index contributed by atoms with van der Waals surface area (Å²) in [5, 5.41) is 10.5. The highest BCUT2D eigenvalue weighted by atomic mass is 16.5. The van der Waals surface area contributed by atoms with Crippen molar-refractivity contribution in [3.63, 3.8) is 0 Å². The average molecular weight is 282 g/mol. The van der Waals surface area contributed by atoms with Gasteiger partial charge in [-0.25, -0.2) is 4.68 Å². The molecule has 2 rings (SSSR count). The maximum absolute atomic E-state index is 11.8. The van der Waals surface area contributed by atoms with Crippen LogP contribution in [0.15, 0.2) is 6.20 Å². The Labute approximate surface area is 118 Å². The number of nitrogens with one attached hydrogen (secondary N) is 1. The van der Waals surface area contributed by atoms with E-state index in [4.69, 9.17) is 10.5 Å². The number of nitrogens with two attached hydrogens (primary N) is 1. The Morgan fingerprint density at radius 2 is 2.50 bits per heavy atom. The molecule has 8 heteroatoms. The van der Waals surface area contributed by atoms with Gasteiger partial charge in [-0.15, -0.1) is 5.10 Å². The summed E-state index contributed by atoms with van der Waals surface area (Å²) in [6.45, 7) is 6.67. The summed E-state index contributed by atoms with van der Waals surface area (Å²) in [5.74, 6) is -0.101. The van der Waals surface area contributed by atoms with E-state index in [1.807, 2.05) is 0 Å². The zero-order valence-corrected chi connectivity index (χ0v) is 11.8. The number of amides is 1. The highest BCUT2D eigenvalue weighted by molar-refractivity contribution is 5.75. The van der Waals surface area contributed by atoms with E-state index in [-0.39, 0.29) is 18.6 Å². The number of ether oxygens (including phenoxy) is 1. The Morgan fingerprint density at radius 3 is 3.20 bits per heavy atom. The zero-order valence-electron chi connectivity index (χ0n) is 11.8. The molecule has 1 saturated heterocycles. The third kappa shape index (κ3) is 4.26. The molecule has 0 radical (unpaired) electrons. The van der Waals surface area contributed by atoms with Crippen molar-refractivity contribution in [3.05, 3.63) is 11.9 Å². The molecule has 1 unspecified atom stereocenters. The summed E-state index contributed by atoms with van der Waals surface area (Å²) in [4.78, 5) is 14.1. The lowest BCUT2D eigenvalue weighted by Crippen LogP contribution is -2.47. The summed E-state index contributed by atoms with van der Waals surface area (Å²) in [7, 11) is 0. The molecule has 0 bridgehead atoms. The molecule has 1 aliphatic rings. The second kappa shape index (κ2) is 7.32. The highest BCUT2D eigenvalue weighted by Crippen LogP contribution is 2.03. The number of aromatic nitrogens is 3. The van der Waals surface area contributed by atoms with Gasteiger partial charge < -0.3 is 15.8 Å². The van der Waals surface area contributed by atoms with Crippen LogP contribution in [-0.4, -0.2) is 64.7 Å². The van der Waals surface area contributed by atoms with Crippen molar-refractivity contribution in [1.29, 1.82) is 0 Å². The molecule has 20 heavy (non-hydrogen) atoms. The maximum Gasteiger partial charge on any atom is 0.241 e. The second-order valence-corrected chi connectivity index (χ2v) is 4.80. The number of morpholine rings is 1. The van der Waals surface area contributed by atoms with E-state index in [1.54, 1.807) is 6.20 Å². The van der Waals surface area contributed by atoms with Crippen LogP contribution in [0.3, 0.4) is 0 Å². The van der Waals surface area contributed by atoms with Crippen LogP contribution < -0.4 is 11.1 Å². The molecule has 0 spiro atoms. The highest BCUT2D eigenvalue weighted by Gasteiger charge is 2.19. The van der Waals surface area contributed by atoms with Crippen LogP contribution in [0.25, 0.3) is 0 Å². The fourth-order valence-electron chi connectivity index (χ4n) is 2.13. The topological polar surface area (TPSA) is 98.3 Å². The molecule has 1 aromatic rings. The normalized spacial score (nSPS) is 20.0. The molecule has 0 aliphatic carbocycles. The molecule has 1 amide bonds. The lowest BCUT2D eigenvalue weighted by molar-refractivity contribution is -0.123.